The molecular formula is C10H12F3NO. The molecule has 2 N–H and O–H groups in total. The maximum Gasteiger partial charge on any atom is 0.409 e. The molecule has 2 fully saturated rings. The van der Waals surface area contributed by atoms with Crippen molar-refractivity contribution in [3.63, 3.8) is 0 Å². The molecule has 0 aromatic heterocycles. The Morgan fingerprint density at radius 2 is 2.07 bits per heavy atom. The minimum Gasteiger partial charge on any atom is -0.369 e. The van der Waals surface area contributed by atoms with E-state index in [0.717, 1.165) is 6.42 Å². The number of allylic oxidation sites excluding steroid dienone is 2. The summed E-state index contributed by atoms with van der Waals surface area (Å²) >= 11 is 0. The quantitative estimate of drug-likeness (QED) is 0.673. The van der Waals surface area contributed by atoms with Crippen LogP contribution in [0.3, 0.4) is 0 Å². The molecule has 2 saturated carbocycles. The molecule has 0 saturated heterocycles. The zero-order valence-corrected chi connectivity index (χ0v) is 8.05. The molecule has 3 unspecified atom stereocenters. The molecule has 0 heterocycles. The van der Waals surface area contributed by atoms with Gasteiger partial charge in [0.05, 0.1) is 0 Å². The molecule has 1 amide bonds. The van der Waals surface area contributed by atoms with E-state index in [0.29, 0.717) is 24.5 Å². The summed E-state index contributed by atoms with van der Waals surface area (Å²) in [5, 5.41) is 0. The van der Waals surface area contributed by atoms with Crippen LogP contribution in [-0.4, -0.2) is 12.1 Å². The van der Waals surface area contributed by atoms with Crippen molar-refractivity contribution in [3.05, 3.63) is 11.6 Å². The Hall–Kier alpha value is -1.00. The number of rotatable bonds is 1. The van der Waals surface area contributed by atoms with Crippen molar-refractivity contribution in [1.29, 1.82) is 0 Å². The number of carbonyl (C=O) groups is 1. The first-order chi connectivity index (χ1) is 6.88. The fourth-order valence-corrected chi connectivity index (χ4v) is 2.90. The van der Waals surface area contributed by atoms with Gasteiger partial charge in [0.1, 0.15) is 0 Å². The third kappa shape index (κ3) is 1.87. The third-order valence-electron chi connectivity index (χ3n) is 3.45. The maximum atomic E-state index is 12.2. The van der Waals surface area contributed by atoms with Crippen molar-refractivity contribution >= 4 is 5.91 Å². The number of hydrogen-bond donors (Lipinski definition) is 1. The molecule has 2 rings (SSSR count). The normalized spacial score (nSPS) is 37.5. The summed E-state index contributed by atoms with van der Waals surface area (Å²) in [5.41, 5.74) is 5.56. The molecule has 15 heavy (non-hydrogen) atoms. The van der Waals surface area contributed by atoms with Crippen LogP contribution in [0.5, 0.6) is 0 Å². The van der Waals surface area contributed by atoms with Gasteiger partial charge in [0.2, 0.25) is 5.91 Å². The van der Waals surface area contributed by atoms with Gasteiger partial charge in [-0.3, -0.25) is 4.79 Å². The zero-order chi connectivity index (χ0) is 11.2. The Labute approximate surface area is 85.3 Å². The highest BCUT2D eigenvalue weighted by Crippen LogP contribution is 2.53. The van der Waals surface area contributed by atoms with Crippen molar-refractivity contribution in [3.8, 4) is 0 Å². The highest BCUT2D eigenvalue weighted by Gasteiger charge is 2.47. The Balaban J connectivity index is 2.24. The number of hydrogen-bond acceptors (Lipinski definition) is 1. The SMILES string of the molecule is NC(=O)C1CC2CCC1C2=CC(F)(F)F. The van der Waals surface area contributed by atoms with Crippen LogP contribution in [0.1, 0.15) is 19.3 Å². The lowest BCUT2D eigenvalue weighted by atomic mass is 9.88. The lowest BCUT2D eigenvalue weighted by molar-refractivity contribution is -0.123. The number of alkyl halides is 3. The van der Waals surface area contributed by atoms with Crippen LogP contribution in [0.2, 0.25) is 0 Å². The van der Waals surface area contributed by atoms with E-state index >= 15 is 0 Å². The number of amides is 1. The van der Waals surface area contributed by atoms with Gasteiger partial charge in [-0.05, 0) is 31.1 Å². The summed E-state index contributed by atoms with van der Waals surface area (Å²) in [6.45, 7) is 0. The van der Waals surface area contributed by atoms with Crippen LogP contribution in [-0.2, 0) is 4.79 Å². The Kier molecular flexibility index (Phi) is 2.28. The van der Waals surface area contributed by atoms with Crippen molar-refractivity contribution in [2.75, 3.05) is 0 Å². The van der Waals surface area contributed by atoms with Gasteiger partial charge in [0.15, 0.2) is 0 Å². The monoisotopic (exact) mass is 219 g/mol. The second-order valence-corrected chi connectivity index (χ2v) is 4.31. The minimum atomic E-state index is -4.28. The number of fused-ring (bicyclic) bond motifs is 2. The molecule has 0 radical (unpaired) electrons. The van der Waals surface area contributed by atoms with Gasteiger partial charge >= 0.3 is 6.18 Å². The first-order valence-corrected chi connectivity index (χ1v) is 4.97. The van der Waals surface area contributed by atoms with E-state index < -0.39 is 12.1 Å². The van der Waals surface area contributed by atoms with Crippen molar-refractivity contribution < 1.29 is 18.0 Å². The average molecular weight is 219 g/mol. The highest BCUT2D eigenvalue weighted by molar-refractivity contribution is 5.78. The van der Waals surface area contributed by atoms with Gasteiger partial charge in [-0.1, -0.05) is 5.57 Å². The fraction of sp³-hybridized carbons (Fsp3) is 0.700. The first kappa shape index (κ1) is 10.5. The highest BCUT2D eigenvalue weighted by atomic mass is 19.4. The number of primary amides is 1. The predicted octanol–water partition coefficient (Wildman–Crippen LogP) is 2.01. The predicted molar refractivity (Wildman–Crippen MR) is 47.7 cm³/mol. The van der Waals surface area contributed by atoms with Crippen molar-refractivity contribution in [2.45, 2.75) is 25.4 Å². The third-order valence-corrected chi connectivity index (χ3v) is 3.45. The second kappa shape index (κ2) is 3.25. The smallest absolute Gasteiger partial charge is 0.369 e. The summed E-state index contributed by atoms with van der Waals surface area (Å²) in [7, 11) is 0. The Morgan fingerprint density at radius 3 is 2.53 bits per heavy atom. The van der Waals surface area contributed by atoms with Crippen molar-refractivity contribution in [1.82, 2.24) is 0 Å². The molecule has 0 aromatic rings. The molecule has 3 atom stereocenters. The van der Waals surface area contributed by atoms with E-state index in [1.165, 1.54) is 0 Å². The van der Waals surface area contributed by atoms with E-state index in [1.54, 1.807) is 0 Å². The molecule has 2 bridgehead atoms. The van der Waals surface area contributed by atoms with E-state index in [4.69, 9.17) is 5.73 Å². The Bertz CT molecular complexity index is 321. The molecule has 2 nitrogen and oxygen atoms in total. The minimum absolute atomic E-state index is 0.0749. The van der Waals surface area contributed by atoms with Gasteiger partial charge in [-0.2, -0.15) is 13.2 Å². The standard InChI is InChI=1S/C10H12F3NO/c11-10(12,13)4-8-5-1-2-6(8)7(3-5)9(14)15/h4-7H,1-3H2,(H2,14,15). The Morgan fingerprint density at radius 1 is 1.40 bits per heavy atom. The van der Waals surface area contributed by atoms with Gasteiger partial charge in [0, 0.05) is 12.0 Å². The van der Waals surface area contributed by atoms with Crippen LogP contribution in [0.4, 0.5) is 13.2 Å². The van der Waals surface area contributed by atoms with Gasteiger partial charge in [0.25, 0.3) is 0 Å². The lowest BCUT2D eigenvalue weighted by Crippen LogP contribution is -2.27. The summed E-state index contributed by atoms with van der Waals surface area (Å²) in [6, 6.07) is 0. The zero-order valence-electron chi connectivity index (χ0n) is 8.05. The van der Waals surface area contributed by atoms with Crippen LogP contribution in [0, 0.1) is 17.8 Å². The average Bonchev–Trinajstić information content (AvgIpc) is 2.59. The molecule has 0 aromatic carbocycles. The molecular weight excluding hydrogens is 207 g/mol. The second-order valence-electron chi connectivity index (χ2n) is 4.31. The molecule has 0 spiro atoms. The summed E-state index contributed by atoms with van der Waals surface area (Å²) in [4.78, 5) is 11.0. The summed E-state index contributed by atoms with van der Waals surface area (Å²) < 4.78 is 36.7. The largest absolute Gasteiger partial charge is 0.409 e. The number of halogens is 3. The maximum absolute atomic E-state index is 12.2. The number of carbonyl (C=O) groups excluding carboxylic acids is 1. The summed E-state index contributed by atoms with van der Waals surface area (Å²) in [6.07, 6.45) is -1.97. The number of nitrogens with two attached hydrogens (primary N) is 1. The van der Waals surface area contributed by atoms with Gasteiger partial charge < -0.3 is 5.73 Å². The molecule has 84 valence electrons. The van der Waals surface area contributed by atoms with Crippen LogP contribution >= 0.6 is 0 Å². The van der Waals surface area contributed by atoms with Crippen molar-refractivity contribution in [2.24, 2.45) is 23.5 Å². The molecule has 0 aliphatic heterocycles. The molecule has 2 aliphatic carbocycles. The first-order valence-electron chi connectivity index (χ1n) is 4.97. The fourth-order valence-electron chi connectivity index (χ4n) is 2.90. The van der Waals surface area contributed by atoms with Gasteiger partial charge in [-0.15, -0.1) is 0 Å². The molecule has 5 heteroatoms. The van der Waals surface area contributed by atoms with Crippen LogP contribution in [0.15, 0.2) is 11.6 Å². The van der Waals surface area contributed by atoms with E-state index in [9.17, 15) is 18.0 Å². The van der Waals surface area contributed by atoms with Crippen LogP contribution in [0.25, 0.3) is 0 Å². The summed E-state index contributed by atoms with van der Waals surface area (Å²) in [5.74, 6) is -1.17. The van der Waals surface area contributed by atoms with Crippen LogP contribution < -0.4 is 5.73 Å². The van der Waals surface area contributed by atoms with E-state index in [-0.39, 0.29) is 17.8 Å². The van der Waals surface area contributed by atoms with Gasteiger partial charge in [-0.25, -0.2) is 0 Å². The van der Waals surface area contributed by atoms with E-state index in [1.807, 2.05) is 0 Å². The lowest BCUT2D eigenvalue weighted by Gasteiger charge is -2.16. The molecule has 2 aliphatic rings. The van der Waals surface area contributed by atoms with E-state index in [2.05, 4.69) is 0 Å². The topological polar surface area (TPSA) is 43.1 Å².